The molecule has 2 aromatic rings. The van der Waals surface area contributed by atoms with Crippen molar-refractivity contribution in [3.8, 4) is 11.5 Å². The van der Waals surface area contributed by atoms with Crippen molar-refractivity contribution in [3.63, 3.8) is 0 Å². The lowest BCUT2D eigenvalue weighted by Crippen LogP contribution is -2.22. The zero-order valence-electron chi connectivity index (χ0n) is 11.5. The van der Waals surface area contributed by atoms with Crippen LogP contribution in [0.5, 0.6) is 11.5 Å². The van der Waals surface area contributed by atoms with E-state index >= 15 is 0 Å². The van der Waals surface area contributed by atoms with Crippen molar-refractivity contribution in [1.82, 2.24) is 10.3 Å². The Bertz CT molecular complexity index is 629. The maximum absolute atomic E-state index is 12.2. The standard InChI is InChI=1S/C16H16N2O3/c19-16(18-11-12-3-1-6-17-10-12)13-4-5-14-15(9-13)21-8-2-7-20-14/h1,3-6,9-10H,2,7-8,11H2,(H,18,19). The minimum absolute atomic E-state index is 0.144. The molecule has 0 atom stereocenters. The molecule has 1 aliphatic rings. The Morgan fingerprint density at radius 3 is 2.86 bits per heavy atom. The quantitative estimate of drug-likeness (QED) is 0.938. The third-order valence-corrected chi connectivity index (χ3v) is 3.19. The fourth-order valence-electron chi connectivity index (χ4n) is 2.09. The van der Waals surface area contributed by atoms with E-state index in [9.17, 15) is 4.79 Å². The smallest absolute Gasteiger partial charge is 0.251 e. The Balaban J connectivity index is 1.68. The van der Waals surface area contributed by atoms with E-state index in [0.717, 1.165) is 12.0 Å². The molecule has 0 spiro atoms. The number of nitrogens with one attached hydrogen (secondary N) is 1. The third-order valence-electron chi connectivity index (χ3n) is 3.19. The number of aromatic nitrogens is 1. The van der Waals surface area contributed by atoms with E-state index in [-0.39, 0.29) is 5.91 Å². The minimum Gasteiger partial charge on any atom is -0.490 e. The molecule has 1 aromatic heterocycles. The molecule has 1 amide bonds. The van der Waals surface area contributed by atoms with Crippen LogP contribution in [0.3, 0.4) is 0 Å². The van der Waals surface area contributed by atoms with Crippen LogP contribution in [0.25, 0.3) is 0 Å². The van der Waals surface area contributed by atoms with Crippen molar-refractivity contribution in [2.24, 2.45) is 0 Å². The molecule has 21 heavy (non-hydrogen) atoms. The number of rotatable bonds is 3. The summed E-state index contributed by atoms with van der Waals surface area (Å²) in [4.78, 5) is 16.2. The number of hydrogen-bond donors (Lipinski definition) is 1. The topological polar surface area (TPSA) is 60.5 Å². The van der Waals surface area contributed by atoms with Crippen LogP contribution in [0.4, 0.5) is 0 Å². The molecule has 1 aliphatic heterocycles. The molecule has 2 heterocycles. The van der Waals surface area contributed by atoms with Gasteiger partial charge in [0.1, 0.15) is 0 Å². The molecule has 5 heteroatoms. The average Bonchev–Trinajstić information content (AvgIpc) is 2.78. The summed E-state index contributed by atoms with van der Waals surface area (Å²) in [5.41, 5.74) is 1.52. The largest absolute Gasteiger partial charge is 0.490 e. The second-order valence-corrected chi connectivity index (χ2v) is 4.76. The Kier molecular flexibility index (Phi) is 4.00. The van der Waals surface area contributed by atoms with Gasteiger partial charge in [0.05, 0.1) is 13.2 Å². The number of carbonyl (C=O) groups is 1. The molecule has 0 saturated carbocycles. The molecule has 0 radical (unpaired) electrons. The first-order valence-electron chi connectivity index (χ1n) is 6.90. The van der Waals surface area contributed by atoms with E-state index in [0.29, 0.717) is 36.8 Å². The van der Waals surface area contributed by atoms with Gasteiger partial charge in [-0.25, -0.2) is 0 Å². The van der Waals surface area contributed by atoms with Gasteiger partial charge in [0, 0.05) is 30.9 Å². The number of pyridine rings is 1. The first-order chi connectivity index (χ1) is 10.3. The molecule has 1 N–H and O–H groups in total. The number of ether oxygens (including phenoxy) is 2. The Labute approximate surface area is 122 Å². The molecular weight excluding hydrogens is 268 g/mol. The SMILES string of the molecule is O=C(NCc1cccnc1)c1ccc2c(c1)OCCCO2. The van der Waals surface area contributed by atoms with Crippen molar-refractivity contribution in [3.05, 3.63) is 53.9 Å². The van der Waals surface area contributed by atoms with Gasteiger partial charge in [0.25, 0.3) is 5.91 Å². The first kappa shape index (κ1) is 13.4. The second-order valence-electron chi connectivity index (χ2n) is 4.76. The lowest BCUT2D eigenvalue weighted by atomic mass is 10.2. The summed E-state index contributed by atoms with van der Waals surface area (Å²) >= 11 is 0. The zero-order valence-corrected chi connectivity index (χ0v) is 11.5. The Morgan fingerprint density at radius 2 is 2.05 bits per heavy atom. The normalized spacial score (nSPS) is 13.3. The van der Waals surface area contributed by atoms with Crippen molar-refractivity contribution < 1.29 is 14.3 Å². The van der Waals surface area contributed by atoms with Crippen LogP contribution < -0.4 is 14.8 Å². The van der Waals surface area contributed by atoms with Crippen LogP contribution in [-0.2, 0) is 6.54 Å². The van der Waals surface area contributed by atoms with Crippen molar-refractivity contribution >= 4 is 5.91 Å². The fourth-order valence-corrected chi connectivity index (χ4v) is 2.09. The van der Waals surface area contributed by atoms with Crippen LogP contribution in [0.2, 0.25) is 0 Å². The van der Waals surface area contributed by atoms with E-state index in [4.69, 9.17) is 9.47 Å². The van der Waals surface area contributed by atoms with Gasteiger partial charge in [-0.15, -0.1) is 0 Å². The number of nitrogens with zero attached hydrogens (tertiary/aromatic N) is 1. The maximum Gasteiger partial charge on any atom is 0.251 e. The van der Waals surface area contributed by atoms with Gasteiger partial charge in [-0.2, -0.15) is 0 Å². The molecule has 0 aliphatic carbocycles. The lowest BCUT2D eigenvalue weighted by Gasteiger charge is -2.09. The fraction of sp³-hybridized carbons (Fsp3) is 0.250. The molecule has 5 nitrogen and oxygen atoms in total. The molecule has 3 rings (SSSR count). The van der Waals surface area contributed by atoms with E-state index in [1.165, 1.54) is 0 Å². The first-order valence-corrected chi connectivity index (χ1v) is 6.90. The van der Waals surface area contributed by atoms with E-state index in [1.54, 1.807) is 30.6 Å². The van der Waals surface area contributed by atoms with E-state index in [1.807, 2.05) is 12.1 Å². The van der Waals surface area contributed by atoms with Gasteiger partial charge in [-0.1, -0.05) is 6.07 Å². The highest BCUT2D eigenvalue weighted by Crippen LogP contribution is 2.30. The summed E-state index contributed by atoms with van der Waals surface area (Å²) in [7, 11) is 0. The predicted octanol–water partition coefficient (Wildman–Crippen LogP) is 2.17. The van der Waals surface area contributed by atoms with Gasteiger partial charge < -0.3 is 14.8 Å². The highest BCUT2D eigenvalue weighted by Gasteiger charge is 2.13. The number of amides is 1. The van der Waals surface area contributed by atoms with Gasteiger partial charge in [0.15, 0.2) is 11.5 Å². The van der Waals surface area contributed by atoms with Crippen LogP contribution in [0.1, 0.15) is 22.3 Å². The molecule has 0 unspecified atom stereocenters. The molecular formula is C16H16N2O3. The summed E-state index contributed by atoms with van der Waals surface area (Å²) in [6, 6.07) is 9.00. The molecule has 0 saturated heterocycles. The summed E-state index contributed by atoms with van der Waals surface area (Å²) < 4.78 is 11.1. The predicted molar refractivity (Wildman–Crippen MR) is 77.5 cm³/mol. The molecule has 1 aromatic carbocycles. The maximum atomic E-state index is 12.2. The van der Waals surface area contributed by atoms with Crippen LogP contribution >= 0.6 is 0 Å². The number of fused-ring (bicyclic) bond motifs is 1. The molecule has 0 bridgehead atoms. The van der Waals surface area contributed by atoms with Crippen LogP contribution in [0.15, 0.2) is 42.7 Å². The second kappa shape index (κ2) is 6.26. The summed E-state index contributed by atoms with van der Waals surface area (Å²) in [6.45, 7) is 1.69. The number of benzene rings is 1. The number of carbonyl (C=O) groups excluding carboxylic acids is 1. The monoisotopic (exact) mass is 284 g/mol. The van der Waals surface area contributed by atoms with Gasteiger partial charge in [-0.3, -0.25) is 9.78 Å². The Morgan fingerprint density at radius 1 is 1.19 bits per heavy atom. The van der Waals surface area contributed by atoms with Gasteiger partial charge in [0.2, 0.25) is 0 Å². The van der Waals surface area contributed by atoms with Gasteiger partial charge in [-0.05, 0) is 29.8 Å². The van der Waals surface area contributed by atoms with Crippen molar-refractivity contribution in [2.45, 2.75) is 13.0 Å². The third kappa shape index (κ3) is 3.31. The minimum atomic E-state index is -0.144. The van der Waals surface area contributed by atoms with Gasteiger partial charge >= 0.3 is 0 Å². The lowest BCUT2D eigenvalue weighted by molar-refractivity contribution is 0.0950. The summed E-state index contributed by atoms with van der Waals surface area (Å²) in [5, 5.41) is 2.86. The highest BCUT2D eigenvalue weighted by molar-refractivity contribution is 5.94. The van der Waals surface area contributed by atoms with E-state index in [2.05, 4.69) is 10.3 Å². The van der Waals surface area contributed by atoms with Crippen LogP contribution in [0, 0.1) is 0 Å². The summed E-state index contributed by atoms with van der Waals surface area (Å²) in [5.74, 6) is 1.17. The Hall–Kier alpha value is -2.56. The molecule has 108 valence electrons. The average molecular weight is 284 g/mol. The van der Waals surface area contributed by atoms with Crippen LogP contribution in [-0.4, -0.2) is 24.1 Å². The summed E-state index contributed by atoms with van der Waals surface area (Å²) in [6.07, 6.45) is 4.28. The zero-order chi connectivity index (χ0) is 14.5. The van der Waals surface area contributed by atoms with Crippen molar-refractivity contribution in [1.29, 1.82) is 0 Å². The number of hydrogen-bond acceptors (Lipinski definition) is 4. The highest BCUT2D eigenvalue weighted by atomic mass is 16.5. The molecule has 0 fully saturated rings. The van der Waals surface area contributed by atoms with Crippen molar-refractivity contribution in [2.75, 3.05) is 13.2 Å². The van der Waals surface area contributed by atoms with E-state index < -0.39 is 0 Å².